The third kappa shape index (κ3) is 2.63. The summed E-state index contributed by atoms with van der Waals surface area (Å²) in [6.45, 7) is 2.60. The number of halogens is 1. The molecule has 0 saturated carbocycles. The highest BCUT2D eigenvalue weighted by Gasteiger charge is 2.11. The van der Waals surface area contributed by atoms with Crippen molar-refractivity contribution in [3.05, 3.63) is 53.8 Å². The highest BCUT2D eigenvalue weighted by molar-refractivity contribution is 6.30. The molecular formula is C18H15ClN4O. The van der Waals surface area contributed by atoms with Crippen LogP contribution < -0.4 is 10.1 Å². The minimum atomic E-state index is 0.631. The Hall–Kier alpha value is -2.79. The SMILES string of the molecule is CCOc1ccc2[nH]c3c(Nc4ccc(Cl)cc4)ncnc3c2c1. The van der Waals surface area contributed by atoms with Crippen LogP contribution in [0.15, 0.2) is 48.8 Å². The first-order valence-electron chi connectivity index (χ1n) is 7.66. The number of H-pyrrole nitrogens is 1. The Kier molecular flexibility index (Phi) is 3.70. The molecule has 0 saturated heterocycles. The van der Waals surface area contributed by atoms with E-state index in [1.54, 1.807) is 6.33 Å². The molecule has 24 heavy (non-hydrogen) atoms. The Labute approximate surface area is 143 Å². The van der Waals surface area contributed by atoms with Crippen LogP contribution in [0.25, 0.3) is 21.9 Å². The highest BCUT2D eigenvalue weighted by Crippen LogP contribution is 2.31. The number of benzene rings is 2. The summed E-state index contributed by atoms with van der Waals surface area (Å²) in [5.74, 6) is 1.55. The molecule has 0 aliphatic carbocycles. The number of aromatic amines is 1. The first kappa shape index (κ1) is 14.8. The van der Waals surface area contributed by atoms with E-state index in [9.17, 15) is 0 Å². The van der Waals surface area contributed by atoms with E-state index < -0.39 is 0 Å². The van der Waals surface area contributed by atoms with Crippen molar-refractivity contribution < 1.29 is 4.74 Å². The maximum absolute atomic E-state index is 5.93. The summed E-state index contributed by atoms with van der Waals surface area (Å²) in [6, 6.07) is 13.4. The quantitative estimate of drug-likeness (QED) is 0.555. The van der Waals surface area contributed by atoms with Crippen LogP contribution in [0.2, 0.25) is 5.02 Å². The van der Waals surface area contributed by atoms with Gasteiger partial charge in [-0.15, -0.1) is 0 Å². The van der Waals surface area contributed by atoms with Crippen molar-refractivity contribution in [2.45, 2.75) is 6.92 Å². The maximum Gasteiger partial charge on any atom is 0.158 e. The zero-order chi connectivity index (χ0) is 16.5. The Balaban J connectivity index is 1.81. The van der Waals surface area contributed by atoms with E-state index in [1.165, 1.54) is 0 Å². The summed E-state index contributed by atoms with van der Waals surface area (Å²) < 4.78 is 5.58. The lowest BCUT2D eigenvalue weighted by molar-refractivity contribution is 0.341. The highest BCUT2D eigenvalue weighted by atomic mass is 35.5. The fraction of sp³-hybridized carbons (Fsp3) is 0.111. The summed E-state index contributed by atoms with van der Waals surface area (Å²) in [5, 5.41) is 5.01. The second-order valence-electron chi connectivity index (χ2n) is 5.34. The lowest BCUT2D eigenvalue weighted by Crippen LogP contribution is -1.95. The molecule has 0 bridgehead atoms. The molecular weight excluding hydrogens is 324 g/mol. The van der Waals surface area contributed by atoms with Crippen molar-refractivity contribution in [3.8, 4) is 5.75 Å². The number of fused-ring (bicyclic) bond motifs is 3. The minimum absolute atomic E-state index is 0.631. The second-order valence-corrected chi connectivity index (χ2v) is 5.78. The van der Waals surface area contributed by atoms with Crippen LogP contribution in [0.5, 0.6) is 5.75 Å². The Morgan fingerprint density at radius 2 is 1.96 bits per heavy atom. The molecule has 120 valence electrons. The third-order valence-corrected chi connectivity index (χ3v) is 4.02. The number of hydrogen-bond acceptors (Lipinski definition) is 4. The van der Waals surface area contributed by atoms with E-state index in [0.717, 1.165) is 39.2 Å². The standard InChI is InChI=1S/C18H15ClN4O/c1-2-24-13-7-8-15-14(9-13)16-17(23-15)18(21-10-20-16)22-12-5-3-11(19)4-6-12/h3-10,23H,2H2,1H3,(H,20,21,22). The van der Waals surface area contributed by atoms with E-state index in [-0.39, 0.29) is 0 Å². The smallest absolute Gasteiger partial charge is 0.158 e. The van der Waals surface area contributed by atoms with Crippen molar-refractivity contribution in [2.24, 2.45) is 0 Å². The predicted octanol–water partition coefficient (Wildman–Crippen LogP) is 4.91. The number of aromatic nitrogens is 3. The second kappa shape index (κ2) is 6.02. The number of rotatable bonds is 4. The first-order valence-corrected chi connectivity index (χ1v) is 8.04. The van der Waals surface area contributed by atoms with Gasteiger partial charge in [0.05, 0.1) is 6.61 Å². The molecule has 2 N–H and O–H groups in total. The van der Waals surface area contributed by atoms with Gasteiger partial charge in [0.1, 0.15) is 23.1 Å². The first-order chi connectivity index (χ1) is 11.7. The average Bonchev–Trinajstić information content (AvgIpc) is 2.97. The third-order valence-electron chi connectivity index (χ3n) is 3.77. The molecule has 2 aromatic carbocycles. The molecule has 0 amide bonds. The zero-order valence-corrected chi connectivity index (χ0v) is 13.8. The molecule has 4 aromatic rings. The summed E-state index contributed by atoms with van der Waals surface area (Å²) in [5.41, 5.74) is 3.62. The molecule has 5 nitrogen and oxygen atoms in total. The van der Waals surface area contributed by atoms with Crippen molar-refractivity contribution in [3.63, 3.8) is 0 Å². The normalized spacial score (nSPS) is 11.1. The van der Waals surface area contributed by atoms with E-state index in [2.05, 4.69) is 20.3 Å². The molecule has 2 aromatic heterocycles. The minimum Gasteiger partial charge on any atom is -0.494 e. The molecule has 0 atom stereocenters. The van der Waals surface area contributed by atoms with Crippen LogP contribution in [-0.4, -0.2) is 21.6 Å². The van der Waals surface area contributed by atoms with Gasteiger partial charge in [-0.3, -0.25) is 0 Å². The largest absolute Gasteiger partial charge is 0.494 e. The Morgan fingerprint density at radius 3 is 2.75 bits per heavy atom. The van der Waals surface area contributed by atoms with Gasteiger partial charge >= 0.3 is 0 Å². The number of nitrogens with one attached hydrogen (secondary N) is 2. The van der Waals surface area contributed by atoms with Crippen LogP contribution in [-0.2, 0) is 0 Å². The van der Waals surface area contributed by atoms with E-state index in [4.69, 9.17) is 16.3 Å². The van der Waals surface area contributed by atoms with Crippen LogP contribution in [0, 0.1) is 0 Å². The molecule has 6 heteroatoms. The fourth-order valence-electron chi connectivity index (χ4n) is 2.69. The number of anilines is 2. The van der Waals surface area contributed by atoms with Crippen LogP contribution >= 0.6 is 11.6 Å². The van der Waals surface area contributed by atoms with Gasteiger partial charge in [0.25, 0.3) is 0 Å². The molecule has 0 unspecified atom stereocenters. The summed E-state index contributed by atoms with van der Waals surface area (Å²) in [7, 11) is 0. The van der Waals surface area contributed by atoms with Crippen LogP contribution in [0.1, 0.15) is 6.92 Å². The summed E-state index contributed by atoms with van der Waals surface area (Å²) in [4.78, 5) is 12.2. The number of nitrogens with zero attached hydrogens (tertiary/aromatic N) is 2. The maximum atomic E-state index is 5.93. The predicted molar refractivity (Wildman–Crippen MR) is 97.3 cm³/mol. The zero-order valence-electron chi connectivity index (χ0n) is 13.0. The van der Waals surface area contributed by atoms with Gasteiger partial charge in [0, 0.05) is 21.6 Å². The van der Waals surface area contributed by atoms with Crippen molar-refractivity contribution >= 4 is 45.0 Å². The van der Waals surface area contributed by atoms with Crippen LogP contribution in [0.3, 0.4) is 0 Å². The Bertz CT molecular complexity index is 1010. The molecule has 0 spiro atoms. The lowest BCUT2D eigenvalue weighted by atomic mass is 10.2. The van der Waals surface area contributed by atoms with Crippen LogP contribution in [0.4, 0.5) is 11.5 Å². The molecule has 2 heterocycles. The van der Waals surface area contributed by atoms with E-state index in [1.807, 2.05) is 49.4 Å². The van der Waals surface area contributed by atoms with Gasteiger partial charge < -0.3 is 15.0 Å². The fourth-order valence-corrected chi connectivity index (χ4v) is 2.82. The van der Waals surface area contributed by atoms with Gasteiger partial charge in [-0.1, -0.05) is 11.6 Å². The van der Waals surface area contributed by atoms with Gasteiger partial charge in [-0.25, -0.2) is 9.97 Å². The van der Waals surface area contributed by atoms with Gasteiger partial charge in [0.2, 0.25) is 0 Å². The molecule has 0 fully saturated rings. The summed E-state index contributed by atoms with van der Waals surface area (Å²) >= 11 is 5.93. The molecule has 0 aliphatic heterocycles. The topological polar surface area (TPSA) is 62.8 Å². The average molecular weight is 339 g/mol. The van der Waals surface area contributed by atoms with Gasteiger partial charge in [0.15, 0.2) is 5.82 Å². The monoisotopic (exact) mass is 338 g/mol. The molecule has 0 radical (unpaired) electrons. The van der Waals surface area contributed by atoms with Crippen molar-refractivity contribution in [2.75, 3.05) is 11.9 Å². The number of ether oxygens (including phenoxy) is 1. The lowest BCUT2D eigenvalue weighted by Gasteiger charge is -2.06. The van der Waals surface area contributed by atoms with Gasteiger partial charge in [-0.2, -0.15) is 0 Å². The molecule has 4 rings (SSSR count). The Morgan fingerprint density at radius 1 is 1.12 bits per heavy atom. The molecule has 0 aliphatic rings. The van der Waals surface area contributed by atoms with Gasteiger partial charge in [-0.05, 0) is 49.4 Å². The van der Waals surface area contributed by atoms with E-state index in [0.29, 0.717) is 11.6 Å². The summed E-state index contributed by atoms with van der Waals surface area (Å²) in [6.07, 6.45) is 1.56. The number of hydrogen-bond donors (Lipinski definition) is 2. The van der Waals surface area contributed by atoms with Crippen molar-refractivity contribution in [1.82, 2.24) is 15.0 Å². The van der Waals surface area contributed by atoms with Crippen molar-refractivity contribution in [1.29, 1.82) is 0 Å². The van der Waals surface area contributed by atoms with E-state index >= 15 is 0 Å².